The zero-order chi connectivity index (χ0) is 22.8. The Labute approximate surface area is 178 Å². The summed E-state index contributed by atoms with van der Waals surface area (Å²) in [7, 11) is 0. The second-order valence-electron chi connectivity index (χ2n) is 8.06. The lowest BCUT2D eigenvalue weighted by atomic mass is 10.1. The van der Waals surface area contributed by atoms with Gasteiger partial charge in [0.2, 0.25) is 0 Å². The van der Waals surface area contributed by atoms with Crippen molar-refractivity contribution in [2.45, 2.75) is 32.4 Å². The number of terminal acetylenes is 1. The Hall–Kier alpha value is -3.67. The molecular formula is C22H22F2N4O3. The third-order valence-electron chi connectivity index (χ3n) is 4.40. The van der Waals surface area contributed by atoms with Crippen LogP contribution in [0.15, 0.2) is 30.6 Å². The first-order valence-corrected chi connectivity index (χ1v) is 9.53. The fourth-order valence-electron chi connectivity index (χ4n) is 2.91. The zero-order valence-electron chi connectivity index (χ0n) is 17.3. The molecule has 1 fully saturated rings. The first-order valence-electron chi connectivity index (χ1n) is 9.53. The number of ether oxygens (including phenoxy) is 1. The van der Waals surface area contributed by atoms with E-state index in [4.69, 9.17) is 11.2 Å². The van der Waals surface area contributed by atoms with Crippen molar-refractivity contribution in [1.82, 2.24) is 15.2 Å². The Morgan fingerprint density at radius 3 is 2.52 bits per heavy atom. The molecule has 0 radical (unpaired) electrons. The molecule has 1 aromatic carbocycles. The van der Waals surface area contributed by atoms with Crippen molar-refractivity contribution in [2.75, 3.05) is 18.4 Å². The number of nitrogens with zero attached hydrogens (tertiary/aromatic N) is 2. The van der Waals surface area contributed by atoms with Crippen molar-refractivity contribution >= 4 is 23.4 Å². The SMILES string of the molecule is C#Cc1ccc(Nc2cncc(F)c2C(=O)NC2CN(C(=O)OC(C)(C)C)C2)c(F)c1. The van der Waals surface area contributed by atoms with Gasteiger partial charge in [-0.05, 0) is 39.0 Å². The Morgan fingerprint density at radius 1 is 1.19 bits per heavy atom. The van der Waals surface area contributed by atoms with Crippen LogP contribution in [0.2, 0.25) is 0 Å². The highest BCUT2D eigenvalue weighted by molar-refractivity contribution is 6.00. The lowest BCUT2D eigenvalue weighted by molar-refractivity contribution is 0.00531. The molecular weight excluding hydrogens is 406 g/mol. The minimum absolute atomic E-state index is 0.00632. The van der Waals surface area contributed by atoms with Gasteiger partial charge in [0.15, 0.2) is 5.82 Å². The largest absolute Gasteiger partial charge is 0.444 e. The van der Waals surface area contributed by atoms with Gasteiger partial charge in [0.25, 0.3) is 5.91 Å². The quantitative estimate of drug-likeness (QED) is 0.729. The van der Waals surface area contributed by atoms with Crippen LogP contribution >= 0.6 is 0 Å². The van der Waals surface area contributed by atoms with Crippen LogP contribution in [-0.4, -0.2) is 46.6 Å². The van der Waals surface area contributed by atoms with Crippen molar-refractivity contribution in [1.29, 1.82) is 0 Å². The van der Waals surface area contributed by atoms with E-state index in [1.165, 1.54) is 23.2 Å². The van der Waals surface area contributed by atoms with Crippen molar-refractivity contribution in [3.63, 3.8) is 0 Å². The van der Waals surface area contributed by atoms with Crippen LogP contribution in [-0.2, 0) is 4.74 Å². The lowest BCUT2D eigenvalue weighted by Crippen LogP contribution is -2.61. The summed E-state index contributed by atoms with van der Waals surface area (Å²) in [6, 6.07) is 3.68. The molecule has 0 atom stereocenters. The van der Waals surface area contributed by atoms with E-state index >= 15 is 0 Å². The number of likely N-dealkylation sites (tertiary alicyclic amines) is 1. The van der Waals surface area contributed by atoms with Crippen LogP contribution in [0.25, 0.3) is 0 Å². The van der Waals surface area contributed by atoms with E-state index in [1.54, 1.807) is 20.8 Å². The third-order valence-corrected chi connectivity index (χ3v) is 4.40. The average Bonchev–Trinajstić information content (AvgIpc) is 2.64. The molecule has 9 heteroatoms. The van der Waals surface area contributed by atoms with E-state index in [0.29, 0.717) is 5.56 Å². The highest BCUT2D eigenvalue weighted by Gasteiger charge is 2.35. The van der Waals surface area contributed by atoms with E-state index < -0.39 is 29.2 Å². The highest BCUT2D eigenvalue weighted by atomic mass is 19.1. The number of amides is 2. The highest BCUT2D eigenvalue weighted by Crippen LogP contribution is 2.25. The fourth-order valence-corrected chi connectivity index (χ4v) is 2.91. The van der Waals surface area contributed by atoms with Gasteiger partial charge in [0.1, 0.15) is 17.0 Å². The molecule has 1 aliphatic rings. The van der Waals surface area contributed by atoms with Crippen molar-refractivity contribution < 1.29 is 23.1 Å². The first kappa shape index (κ1) is 22.0. The summed E-state index contributed by atoms with van der Waals surface area (Å²) < 4.78 is 33.9. The van der Waals surface area contributed by atoms with Gasteiger partial charge in [0.05, 0.1) is 29.8 Å². The maximum Gasteiger partial charge on any atom is 0.410 e. The average molecular weight is 428 g/mol. The minimum Gasteiger partial charge on any atom is -0.444 e. The van der Waals surface area contributed by atoms with Gasteiger partial charge >= 0.3 is 6.09 Å². The summed E-state index contributed by atoms with van der Waals surface area (Å²) in [6.07, 6.45) is 6.88. The molecule has 1 saturated heterocycles. The molecule has 1 aromatic heterocycles. The molecule has 1 aliphatic heterocycles. The molecule has 2 aromatic rings. The summed E-state index contributed by atoms with van der Waals surface area (Å²) in [5, 5.41) is 5.35. The number of anilines is 2. The van der Waals surface area contributed by atoms with Gasteiger partial charge in [-0.15, -0.1) is 6.42 Å². The maximum absolute atomic E-state index is 14.4. The van der Waals surface area contributed by atoms with Crippen LogP contribution in [0.1, 0.15) is 36.7 Å². The van der Waals surface area contributed by atoms with Gasteiger partial charge in [-0.3, -0.25) is 9.78 Å². The molecule has 0 unspecified atom stereocenters. The summed E-state index contributed by atoms with van der Waals surface area (Å²) in [5.41, 5.74) is -0.586. The van der Waals surface area contributed by atoms with E-state index in [0.717, 1.165) is 12.3 Å². The summed E-state index contributed by atoms with van der Waals surface area (Å²) in [4.78, 5) is 29.9. The fraction of sp³-hybridized carbons (Fsp3) is 0.318. The Balaban J connectivity index is 1.69. The number of benzene rings is 1. The van der Waals surface area contributed by atoms with Crippen molar-refractivity contribution in [3.05, 3.63) is 53.4 Å². The van der Waals surface area contributed by atoms with Gasteiger partial charge < -0.3 is 20.3 Å². The molecule has 0 saturated carbocycles. The monoisotopic (exact) mass is 428 g/mol. The van der Waals surface area contributed by atoms with Gasteiger partial charge in [-0.1, -0.05) is 5.92 Å². The van der Waals surface area contributed by atoms with E-state index in [2.05, 4.69) is 21.5 Å². The van der Waals surface area contributed by atoms with Gasteiger partial charge in [0, 0.05) is 18.7 Å². The number of hydrogen-bond acceptors (Lipinski definition) is 5. The molecule has 0 aliphatic carbocycles. The summed E-state index contributed by atoms with van der Waals surface area (Å²) >= 11 is 0. The van der Waals surface area contributed by atoms with Crippen molar-refractivity contribution in [3.8, 4) is 12.3 Å². The van der Waals surface area contributed by atoms with Crippen LogP contribution in [0.4, 0.5) is 25.0 Å². The molecule has 0 bridgehead atoms. The molecule has 0 spiro atoms. The maximum atomic E-state index is 14.4. The number of rotatable bonds is 4. The standard InChI is InChI=1S/C22H22F2N4O3/c1-5-13-6-7-17(15(23)8-13)27-18-10-25-9-16(24)19(18)20(29)26-14-11-28(12-14)21(30)31-22(2,3)4/h1,6-10,14,27H,11-12H2,2-4H3,(H,26,29). The van der Waals surface area contributed by atoms with Crippen LogP contribution in [0.5, 0.6) is 0 Å². The molecule has 31 heavy (non-hydrogen) atoms. The van der Waals surface area contributed by atoms with Crippen LogP contribution in [0, 0.1) is 24.0 Å². The molecule has 3 rings (SSSR count). The number of hydrogen-bond donors (Lipinski definition) is 2. The number of halogens is 2. The predicted molar refractivity (Wildman–Crippen MR) is 111 cm³/mol. The van der Waals surface area contributed by atoms with Crippen molar-refractivity contribution in [2.24, 2.45) is 0 Å². The zero-order valence-corrected chi connectivity index (χ0v) is 17.3. The second-order valence-corrected chi connectivity index (χ2v) is 8.06. The van der Waals surface area contributed by atoms with E-state index in [9.17, 15) is 18.4 Å². The second kappa shape index (κ2) is 8.60. The van der Waals surface area contributed by atoms with Gasteiger partial charge in [-0.25, -0.2) is 13.6 Å². The Bertz CT molecular complexity index is 1050. The third kappa shape index (κ3) is 5.28. The van der Waals surface area contributed by atoms with Crippen LogP contribution < -0.4 is 10.6 Å². The smallest absolute Gasteiger partial charge is 0.410 e. The topological polar surface area (TPSA) is 83.6 Å². The predicted octanol–water partition coefficient (Wildman–Crippen LogP) is 3.43. The number of nitrogens with one attached hydrogen (secondary N) is 2. The molecule has 2 N–H and O–H groups in total. The van der Waals surface area contributed by atoms with E-state index in [1.807, 2.05) is 0 Å². The Morgan fingerprint density at radius 2 is 1.90 bits per heavy atom. The number of pyridine rings is 1. The number of carbonyl (C=O) groups is 2. The van der Waals surface area contributed by atoms with Gasteiger partial charge in [-0.2, -0.15) is 0 Å². The Kier molecular flexibility index (Phi) is 6.11. The van der Waals surface area contributed by atoms with E-state index in [-0.39, 0.29) is 36.1 Å². The number of aromatic nitrogens is 1. The molecule has 162 valence electrons. The first-order chi connectivity index (χ1) is 14.6. The number of carbonyl (C=O) groups excluding carboxylic acids is 2. The molecule has 2 amide bonds. The summed E-state index contributed by atoms with van der Waals surface area (Å²) in [6.45, 7) is 5.74. The minimum atomic E-state index is -0.869. The lowest BCUT2D eigenvalue weighted by Gasteiger charge is -2.40. The molecule has 7 nitrogen and oxygen atoms in total. The summed E-state index contributed by atoms with van der Waals surface area (Å²) in [5.74, 6) is 0.0799. The molecule has 2 heterocycles. The van der Waals surface area contributed by atoms with Crippen LogP contribution in [0.3, 0.4) is 0 Å². The normalized spacial score (nSPS) is 13.7.